The first-order valence-electron chi connectivity index (χ1n) is 11.9. The lowest BCUT2D eigenvalue weighted by Gasteiger charge is -2.39. The zero-order chi connectivity index (χ0) is 26.1. The molecule has 194 valence electrons. The molecule has 2 N–H and O–H groups in total. The van der Waals surface area contributed by atoms with E-state index < -0.39 is 11.9 Å². The van der Waals surface area contributed by atoms with Gasteiger partial charge in [-0.05, 0) is 55.8 Å². The summed E-state index contributed by atoms with van der Waals surface area (Å²) in [6.07, 6.45) is 1.80. The molecule has 9 nitrogen and oxygen atoms in total. The van der Waals surface area contributed by atoms with Gasteiger partial charge >= 0.3 is 11.9 Å². The van der Waals surface area contributed by atoms with Crippen LogP contribution in [-0.4, -0.2) is 84.2 Å². The van der Waals surface area contributed by atoms with Crippen LogP contribution >= 0.6 is 0 Å². The van der Waals surface area contributed by atoms with Crippen molar-refractivity contribution in [2.24, 2.45) is 5.92 Å². The van der Waals surface area contributed by atoms with Gasteiger partial charge < -0.3 is 24.7 Å². The largest absolute Gasteiger partial charge is 0.497 e. The molecule has 0 saturated carbocycles. The van der Waals surface area contributed by atoms with E-state index >= 15 is 0 Å². The number of anilines is 1. The molecule has 2 aromatic carbocycles. The third-order valence-electron chi connectivity index (χ3n) is 6.44. The number of hydrogen-bond acceptors (Lipinski definition) is 6. The molecular formula is C26H32FN3O6. The van der Waals surface area contributed by atoms with Crippen LogP contribution in [0.5, 0.6) is 5.75 Å². The molecule has 2 aliphatic heterocycles. The zero-order valence-electron chi connectivity index (χ0n) is 20.3. The molecule has 2 saturated heterocycles. The smallest absolute Gasteiger partial charge is 0.414 e. The normalized spacial score (nSPS) is 16.6. The number of likely N-dealkylation sites (tertiary alicyclic amines) is 1. The third-order valence-corrected chi connectivity index (χ3v) is 6.44. The quantitative estimate of drug-likeness (QED) is 0.602. The van der Waals surface area contributed by atoms with Gasteiger partial charge in [-0.25, -0.2) is 14.0 Å². The molecule has 4 rings (SSSR count). The maximum Gasteiger partial charge on any atom is 0.414 e. The molecule has 0 aromatic heterocycles. The summed E-state index contributed by atoms with van der Waals surface area (Å²) in [4.78, 5) is 37.6. The highest BCUT2D eigenvalue weighted by molar-refractivity contribution is 6.27. The summed E-state index contributed by atoms with van der Waals surface area (Å²) in [6.45, 7) is 5.45. The number of carboxylic acids is 2. The van der Waals surface area contributed by atoms with Gasteiger partial charge in [0.2, 0.25) is 5.91 Å². The van der Waals surface area contributed by atoms with Crippen LogP contribution in [0.4, 0.5) is 10.1 Å². The van der Waals surface area contributed by atoms with Crippen molar-refractivity contribution in [1.29, 1.82) is 0 Å². The number of aliphatic carboxylic acids is 2. The molecule has 2 aromatic rings. The van der Waals surface area contributed by atoms with E-state index in [4.69, 9.17) is 24.5 Å². The Balaban J connectivity index is 0.000000538. The number of para-hydroxylation sites is 1. The van der Waals surface area contributed by atoms with Gasteiger partial charge in [-0.3, -0.25) is 9.69 Å². The number of carbonyl (C=O) groups excluding carboxylic acids is 1. The lowest BCUT2D eigenvalue weighted by Crippen LogP contribution is -2.51. The molecule has 0 atom stereocenters. The van der Waals surface area contributed by atoms with Crippen LogP contribution in [0, 0.1) is 11.7 Å². The lowest BCUT2D eigenvalue weighted by molar-refractivity contribution is -0.159. The number of halogens is 1. The Kier molecular flexibility index (Phi) is 9.63. The number of carboxylic acid groups (broad SMARTS) is 2. The van der Waals surface area contributed by atoms with Crippen molar-refractivity contribution in [3.63, 3.8) is 0 Å². The number of methoxy groups -OCH3 is 1. The molecule has 36 heavy (non-hydrogen) atoms. The van der Waals surface area contributed by atoms with E-state index in [1.807, 2.05) is 34.1 Å². The van der Waals surface area contributed by atoms with Crippen molar-refractivity contribution in [2.45, 2.75) is 19.4 Å². The van der Waals surface area contributed by atoms with Crippen LogP contribution in [0.2, 0.25) is 0 Å². The average Bonchev–Trinajstić information content (AvgIpc) is 2.89. The Labute approximate surface area is 209 Å². The van der Waals surface area contributed by atoms with Crippen molar-refractivity contribution in [2.75, 3.05) is 51.3 Å². The number of nitrogens with zero attached hydrogens (tertiary/aromatic N) is 3. The first kappa shape index (κ1) is 26.9. The fourth-order valence-electron chi connectivity index (χ4n) is 4.50. The van der Waals surface area contributed by atoms with Crippen LogP contribution in [0.3, 0.4) is 0 Å². The van der Waals surface area contributed by atoms with Crippen molar-refractivity contribution in [1.82, 2.24) is 9.80 Å². The highest BCUT2D eigenvalue weighted by Gasteiger charge is 2.30. The van der Waals surface area contributed by atoms with E-state index in [-0.39, 0.29) is 17.6 Å². The minimum atomic E-state index is -1.82. The van der Waals surface area contributed by atoms with Crippen LogP contribution in [0.15, 0.2) is 48.5 Å². The number of piperazine rings is 1. The van der Waals surface area contributed by atoms with Crippen molar-refractivity contribution in [3.05, 3.63) is 59.9 Å². The summed E-state index contributed by atoms with van der Waals surface area (Å²) in [5.74, 6) is -2.59. The third kappa shape index (κ3) is 7.42. The number of ether oxygens (including phenoxy) is 1. The molecule has 0 aliphatic carbocycles. The van der Waals surface area contributed by atoms with Gasteiger partial charge in [-0.15, -0.1) is 0 Å². The van der Waals surface area contributed by atoms with E-state index in [1.165, 1.54) is 11.6 Å². The maximum atomic E-state index is 14.0. The summed E-state index contributed by atoms with van der Waals surface area (Å²) >= 11 is 0. The van der Waals surface area contributed by atoms with Gasteiger partial charge in [0.15, 0.2) is 0 Å². The second kappa shape index (κ2) is 12.9. The summed E-state index contributed by atoms with van der Waals surface area (Å²) in [7, 11) is 1.69. The van der Waals surface area contributed by atoms with Crippen LogP contribution in [0.1, 0.15) is 18.4 Å². The van der Waals surface area contributed by atoms with Gasteiger partial charge in [0, 0.05) is 38.6 Å². The predicted octanol–water partition coefficient (Wildman–Crippen LogP) is 2.55. The van der Waals surface area contributed by atoms with Gasteiger partial charge in [0.05, 0.1) is 12.8 Å². The minimum absolute atomic E-state index is 0.103. The number of carbonyl (C=O) groups is 3. The van der Waals surface area contributed by atoms with Gasteiger partial charge in [-0.2, -0.15) is 0 Å². The summed E-state index contributed by atoms with van der Waals surface area (Å²) in [6, 6.07) is 15.0. The first-order chi connectivity index (χ1) is 17.3. The zero-order valence-corrected chi connectivity index (χ0v) is 20.3. The highest BCUT2D eigenvalue weighted by Crippen LogP contribution is 2.25. The van der Waals surface area contributed by atoms with E-state index in [9.17, 15) is 9.18 Å². The molecule has 2 fully saturated rings. The van der Waals surface area contributed by atoms with Crippen LogP contribution in [-0.2, 0) is 20.9 Å². The van der Waals surface area contributed by atoms with Crippen molar-refractivity contribution in [3.8, 4) is 5.75 Å². The van der Waals surface area contributed by atoms with Crippen molar-refractivity contribution >= 4 is 23.5 Å². The van der Waals surface area contributed by atoms with Crippen molar-refractivity contribution < 1.29 is 33.7 Å². The van der Waals surface area contributed by atoms with E-state index in [2.05, 4.69) is 17.0 Å². The molecule has 0 spiro atoms. The van der Waals surface area contributed by atoms with E-state index in [1.54, 1.807) is 13.2 Å². The predicted molar refractivity (Wildman–Crippen MR) is 131 cm³/mol. The first-order valence-corrected chi connectivity index (χ1v) is 11.9. The fraction of sp³-hybridized carbons (Fsp3) is 0.423. The molecule has 0 unspecified atom stereocenters. The van der Waals surface area contributed by atoms with E-state index in [0.29, 0.717) is 31.9 Å². The Morgan fingerprint density at radius 3 is 2.14 bits per heavy atom. The Hall–Kier alpha value is -3.66. The molecule has 10 heteroatoms. The van der Waals surface area contributed by atoms with Gasteiger partial charge in [0.25, 0.3) is 0 Å². The lowest BCUT2D eigenvalue weighted by atomic mass is 9.94. The number of piperidine rings is 1. The Bertz CT molecular complexity index is 1040. The molecule has 0 bridgehead atoms. The number of amides is 1. The Morgan fingerprint density at radius 1 is 0.917 bits per heavy atom. The summed E-state index contributed by atoms with van der Waals surface area (Å²) < 4.78 is 19.3. The number of hydrogen-bond donors (Lipinski definition) is 2. The molecule has 1 amide bonds. The topological polar surface area (TPSA) is 111 Å². The average molecular weight is 502 g/mol. The highest BCUT2D eigenvalue weighted by atomic mass is 19.1. The monoisotopic (exact) mass is 501 g/mol. The molecule has 2 heterocycles. The van der Waals surface area contributed by atoms with Gasteiger partial charge in [-0.1, -0.05) is 24.3 Å². The maximum absolute atomic E-state index is 14.0. The van der Waals surface area contributed by atoms with Crippen LogP contribution < -0.4 is 9.64 Å². The Morgan fingerprint density at radius 2 is 1.56 bits per heavy atom. The SMILES string of the molecule is COc1cccc(CN2CCC(C(=O)N3CCN(c4ccccc4F)CC3)CC2)c1.O=C(O)C(=O)O. The summed E-state index contributed by atoms with van der Waals surface area (Å²) in [5.41, 5.74) is 1.87. The standard InChI is InChI=1S/C24H30FN3O2.C2H2O4/c1-30-21-6-4-5-19(17-21)18-26-11-9-20(10-12-26)24(29)28-15-13-27(14-16-28)23-8-3-2-7-22(23)25;3-1(4)2(5)6/h2-8,17,20H,9-16,18H2,1H3;(H,3,4)(H,5,6). The fourth-order valence-corrected chi connectivity index (χ4v) is 4.50. The second-order valence-corrected chi connectivity index (χ2v) is 8.78. The second-order valence-electron chi connectivity index (χ2n) is 8.78. The number of rotatable bonds is 5. The molecule has 2 aliphatic rings. The number of benzene rings is 2. The molecule has 0 radical (unpaired) electrons. The molecular weight excluding hydrogens is 469 g/mol. The minimum Gasteiger partial charge on any atom is -0.497 e. The summed E-state index contributed by atoms with van der Waals surface area (Å²) in [5, 5.41) is 14.8. The van der Waals surface area contributed by atoms with Crippen LogP contribution in [0.25, 0.3) is 0 Å². The van der Waals surface area contributed by atoms with Gasteiger partial charge in [0.1, 0.15) is 11.6 Å². The van der Waals surface area contributed by atoms with E-state index in [0.717, 1.165) is 38.2 Å².